The lowest BCUT2D eigenvalue weighted by molar-refractivity contribution is 0.0665. The number of amides is 1. The zero-order chi connectivity index (χ0) is 21.5. The minimum Gasteiger partial charge on any atom is -0.338 e. The van der Waals surface area contributed by atoms with E-state index in [2.05, 4.69) is 33.8 Å². The number of thiazole rings is 2. The number of fused-ring (bicyclic) bond motifs is 1. The normalized spacial score (nSPS) is 15.3. The van der Waals surface area contributed by atoms with Crippen molar-refractivity contribution in [3.05, 3.63) is 51.8 Å². The van der Waals surface area contributed by atoms with Gasteiger partial charge in [-0.15, -0.1) is 22.7 Å². The predicted molar refractivity (Wildman–Crippen MR) is 127 cm³/mol. The van der Waals surface area contributed by atoms with Crippen LogP contribution in [0.3, 0.4) is 0 Å². The van der Waals surface area contributed by atoms with E-state index in [9.17, 15) is 4.79 Å². The van der Waals surface area contributed by atoms with Crippen molar-refractivity contribution in [2.75, 3.05) is 27.2 Å². The zero-order valence-electron chi connectivity index (χ0n) is 17.9. The lowest BCUT2D eigenvalue weighted by Gasteiger charge is -2.35. The molecule has 0 unspecified atom stereocenters. The Hall–Kier alpha value is -2.55. The van der Waals surface area contributed by atoms with Crippen LogP contribution in [0.5, 0.6) is 0 Å². The molecule has 0 atom stereocenters. The molecule has 0 spiro atoms. The molecule has 4 aromatic heterocycles. The summed E-state index contributed by atoms with van der Waals surface area (Å²) in [5.41, 5.74) is 4.41. The standard InChI is InChI=1S/C23H25N5OS2/c1-15-24-19(14-30-15)22-25-18(13-31-22)21-12-17(20-6-4-5-9-28(20)21)23(29)27-10-7-16(8-11-27)26(2)3/h4-6,9,12-14,16H,7-8,10-11H2,1-3H3. The summed E-state index contributed by atoms with van der Waals surface area (Å²) < 4.78 is 2.07. The van der Waals surface area contributed by atoms with Gasteiger partial charge in [-0.3, -0.25) is 4.79 Å². The first-order chi connectivity index (χ1) is 15.0. The number of piperidine rings is 1. The van der Waals surface area contributed by atoms with Crippen molar-refractivity contribution < 1.29 is 4.79 Å². The number of likely N-dealkylation sites (tertiary alicyclic amines) is 1. The first-order valence-electron chi connectivity index (χ1n) is 10.5. The van der Waals surface area contributed by atoms with Crippen LogP contribution in [0.25, 0.3) is 27.6 Å². The average Bonchev–Trinajstić information content (AvgIpc) is 3.51. The van der Waals surface area contributed by atoms with Crippen molar-refractivity contribution in [1.82, 2.24) is 24.2 Å². The Balaban J connectivity index is 1.48. The summed E-state index contributed by atoms with van der Waals surface area (Å²) in [6, 6.07) is 8.54. The molecule has 5 rings (SSSR count). The lowest BCUT2D eigenvalue weighted by atomic mass is 10.0. The van der Waals surface area contributed by atoms with Crippen LogP contribution >= 0.6 is 22.7 Å². The Labute approximate surface area is 189 Å². The number of rotatable bonds is 4. The molecular formula is C23H25N5OS2. The van der Waals surface area contributed by atoms with Gasteiger partial charge in [0.1, 0.15) is 10.7 Å². The highest BCUT2D eigenvalue weighted by Crippen LogP contribution is 2.32. The molecule has 160 valence electrons. The molecule has 31 heavy (non-hydrogen) atoms. The van der Waals surface area contributed by atoms with Crippen LogP contribution in [-0.2, 0) is 0 Å². The minimum atomic E-state index is 0.109. The van der Waals surface area contributed by atoms with Gasteiger partial charge in [-0.2, -0.15) is 0 Å². The third-order valence-electron chi connectivity index (χ3n) is 5.99. The fourth-order valence-corrected chi connectivity index (χ4v) is 5.69. The van der Waals surface area contributed by atoms with Gasteiger partial charge in [0.15, 0.2) is 0 Å². The summed E-state index contributed by atoms with van der Waals surface area (Å²) in [6.45, 7) is 3.60. The summed E-state index contributed by atoms with van der Waals surface area (Å²) in [5.74, 6) is 0.109. The molecule has 0 bridgehead atoms. The number of carbonyl (C=O) groups excluding carboxylic acids is 1. The molecule has 0 aromatic carbocycles. The highest BCUT2D eigenvalue weighted by Gasteiger charge is 2.27. The maximum absolute atomic E-state index is 13.4. The summed E-state index contributed by atoms with van der Waals surface area (Å²) in [6.07, 6.45) is 4.03. The largest absolute Gasteiger partial charge is 0.338 e. The number of hydrogen-bond acceptors (Lipinski definition) is 6. The monoisotopic (exact) mass is 451 g/mol. The molecule has 0 radical (unpaired) electrons. The number of aryl methyl sites for hydroxylation is 1. The van der Waals surface area contributed by atoms with Crippen LogP contribution in [0, 0.1) is 6.92 Å². The second kappa shape index (κ2) is 8.18. The van der Waals surface area contributed by atoms with Crippen LogP contribution in [0.1, 0.15) is 28.2 Å². The van der Waals surface area contributed by atoms with E-state index in [4.69, 9.17) is 4.98 Å². The number of carbonyl (C=O) groups is 1. The van der Waals surface area contributed by atoms with Crippen LogP contribution in [0.2, 0.25) is 0 Å². The molecule has 0 saturated carbocycles. The van der Waals surface area contributed by atoms with Gasteiger partial charge in [-0.05, 0) is 52.1 Å². The first-order valence-corrected chi connectivity index (χ1v) is 12.2. The minimum absolute atomic E-state index is 0.109. The Morgan fingerprint density at radius 1 is 1.10 bits per heavy atom. The third kappa shape index (κ3) is 3.79. The Morgan fingerprint density at radius 2 is 1.87 bits per heavy atom. The van der Waals surface area contributed by atoms with Crippen molar-refractivity contribution >= 4 is 34.1 Å². The van der Waals surface area contributed by atoms with Crippen molar-refractivity contribution in [3.63, 3.8) is 0 Å². The number of pyridine rings is 1. The van der Waals surface area contributed by atoms with Gasteiger partial charge in [0.25, 0.3) is 5.91 Å². The second-order valence-electron chi connectivity index (χ2n) is 8.18. The maximum Gasteiger partial charge on any atom is 0.256 e. The SMILES string of the molecule is Cc1nc(-c2nc(-c3cc(C(=O)N4CCC(N(C)C)CC4)c4ccccn34)cs2)cs1. The van der Waals surface area contributed by atoms with Crippen molar-refractivity contribution in [3.8, 4) is 22.1 Å². The number of nitrogens with zero attached hydrogens (tertiary/aromatic N) is 5. The summed E-state index contributed by atoms with van der Waals surface area (Å²) >= 11 is 3.22. The Morgan fingerprint density at radius 3 is 2.58 bits per heavy atom. The van der Waals surface area contributed by atoms with Crippen LogP contribution in [0.15, 0.2) is 41.2 Å². The highest BCUT2D eigenvalue weighted by atomic mass is 32.1. The topological polar surface area (TPSA) is 53.7 Å². The fraction of sp³-hybridized carbons (Fsp3) is 0.348. The maximum atomic E-state index is 13.4. The van der Waals surface area contributed by atoms with Crippen molar-refractivity contribution in [1.29, 1.82) is 0 Å². The number of hydrogen-bond donors (Lipinski definition) is 0. The molecule has 6 nitrogen and oxygen atoms in total. The van der Waals surface area contributed by atoms with E-state index < -0.39 is 0 Å². The van der Waals surface area contributed by atoms with Gasteiger partial charge in [0.2, 0.25) is 0 Å². The fourth-order valence-electron chi connectivity index (χ4n) is 4.25. The molecule has 1 aliphatic heterocycles. The summed E-state index contributed by atoms with van der Waals surface area (Å²) in [4.78, 5) is 27.1. The zero-order valence-corrected chi connectivity index (χ0v) is 19.5. The van der Waals surface area contributed by atoms with E-state index in [1.165, 1.54) is 0 Å². The predicted octanol–water partition coefficient (Wildman–Crippen LogP) is 4.66. The molecule has 0 N–H and O–H groups in total. The van der Waals surface area contributed by atoms with E-state index in [1.54, 1.807) is 22.7 Å². The van der Waals surface area contributed by atoms with Gasteiger partial charge in [-0.1, -0.05) is 6.07 Å². The van der Waals surface area contributed by atoms with Gasteiger partial charge < -0.3 is 14.2 Å². The molecule has 4 aromatic rings. The molecule has 8 heteroatoms. The molecule has 1 saturated heterocycles. The first kappa shape index (κ1) is 20.4. The quantitative estimate of drug-likeness (QED) is 0.453. The number of aromatic nitrogens is 3. The van der Waals surface area contributed by atoms with Crippen molar-refractivity contribution in [2.24, 2.45) is 0 Å². The lowest BCUT2D eigenvalue weighted by Crippen LogP contribution is -2.44. The van der Waals surface area contributed by atoms with Crippen LogP contribution in [0.4, 0.5) is 0 Å². The van der Waals surface area contributed by atoms with E-state index in [0.29, 0.717) is 6.04 Å². The Kier molecular flexibility index (Phi) is 5.37. The van der Waals surface area contributed by atoms with E-state index in [1.807, 2.05) is 47.7 Å². The highest BCUT2D eigenvalue weighted by molar-refractivity contribution is 7.14. The summed E-state index contributed by atoms with van der Waals surface area (Å²) in [7, 11) is 4.23. The van der Waals surface area contributed by atoms with Gasteiger partial charge in [0, 0.05) is 36.1 Å². The Bertz CT molecular complexity index is 1230. The van der Waals surface area contributed by atoms with Crippen LogP contribution in [-0.4, -0.2) is 63.3 Å². The van der Waals surface area contributed by atoms with Crippen LogP contribution < -0.4 is 0 Å². The van der Waals surface area contributed by atoms with E-state index >= 15 is 0 Å². The smallest absolute Gasteiger partial charge is 0.256 e. The molecule has 1 aliphatic rings. The molecule has 1 amide bonds. The molecule has 5 heterocycles. The second-order valence-corrected chi connectivity index (χ2v) is 10.1. The average molecular weight is 452 g/mol. The third-order valence-corrected chi connectivity index (χ3v) is 7.63. The van der Waals surface area contributed by atoms with E-state index in [-0.39, 0.29) is 5.91 Å². The van der Waals surface area contributed by atoms with Gasteiger partial charge in [0.05, 0.1) is 27.5 Å². The van der Waals surface area contributed by atoms with Gasteiger partial charge in [-0.25, -0.2) is 9.97 Å². The van der Waals surface area contributed by atoms with Gasteiger partial charge >= 0.3 is 0 Å². The van der Waals surface area contributed by atoms with Crippen molar-refractivity contribution in [2.45, 2.75) is 25.8 Å². The van der Waals surface area contributed by atoms with E-state index in [0.717, 1.165) is 64.1 Å². The molecule has 1 fully saturated rings. The molecular weight excluding hydrogens is 426 g/mol. The molecule has 0 aliphatic carbocycles. The summed E-state index contributed by atoms with van der Waals surface area (Å²) in [5, 5.41) is 6.03.